The molecule has 20 heavy (non-hydrogen) atoms. The maximum Gasteiger partial charge on any atom is 0.340 e. The van der Waals surface area contributed by atoms with Crippen molar-refractivity contribution in [3.63, 3.8) is 0 Å². The third-order valence-corrected chi connectivity index (χ3v) is 3.60. The number of hydrogen-bond donors (Lipinski definition) is 1. The average molecular weight is 276 g/mol. The Morgan fingerprint density at radius 3 is 2.55 bits per heavy atom. The predicted molar refractivity (Wildman–Crippen MR) is 78.1 cm³/mol. The molecule has 0 saturated heterocycles. The number of rotatable bonds is 2. The summed E-state index contributed by atoms with van der Waals surface area (Å²) in [7, 11) is 1.36. The summed E-state index contributed by atoms with van der Waals surface area (Å²) in [4.78, 5) is 26.2. The quantitative estimate of drug-likeness (QED) is 0.843. The van der Waals surface area contributed by atoms with Crippen LogP contribution in [0.5, 0.6) is 0 Å². The SMILES string of the molecule is COC(=O)c1cccc2c1N(C(C)C)C(C)(C)C(=O)N2. The number of esters is 1. The Labute approximate surface area is 118 Å². The number of carbonyl (C=O) groups is 2. The molecular formula is C15H20N2O3. The van der Waals surface area contributed by atoms with E-state index in [-0.39, 0.29) is 11.9 Å². The van der Waals surface area contributed by atoms with Crippen molar-refractivity contribution < 1.29 is 14.3 Å². The number of methoxy groups -OCH3 is 1. The Kier molecular flexibility index (Phi) is 3.46. The molecule has 5 heteroatoms. The van der Waals surface area contributed by atoms with Crippen LogP contribution in [0.1, 0.15) is 38.1 Å². The van der Waals surface area contributed by atoms with E-state index in [1.165, 1.54) is 7.11 Å². The number of ether oxygens (including phenoxy) is 1. The summed E-state index contributed by atoms with van der Waals surface area (Å²) in [5.41, 5.74) is 1.10. The van der Waals surface area contributed by atoms with Gasteiger partial charge in [0.2, 0.25) is 5.91 Å². The smallest absolute Gasteiger partial charge is 0.340 e. The number of para-hydroxylation sites is 1. The summed E-state index contributed by atoms with van der Waals surface area (Å²) in [5.74, 6) is -0.486. The minimum absolute atomic E-state index is 0.0700. The molecule has 1 heterocycles. The highest BCUT2D eigenvalue weighted by Gasteiger charge is 2.43. The van der Waals surface area contributed by atoms with Crippen LogP contribution in [0.25, 0.3) is 0 Å². The lowest BCUT2D eigenvalue weighted by atomic mass is 9.92. The number of anilines is 2. The summed E-state index contributed by atoms with van der Waals surface area (Å²) in [5, 5.41) is 2.87. The first-order valence-corrected chi connectivity index (χ1v) is 6.62. The minimum atomic E-state index is -0.731. The number of amides is 1. The fourth-order valence-electron chi connectivity index (χ4n) is 2.75. The Morgan fingerprint density at radius 2 is 2.00 bits per heavy atom. The first-order valence-electron chi connectivity index (χ1n) is 6.62. The van der Waals surface area contributed by atoms with Crippen molar-refractivity contribution >= 4 is 23.3 Å². The summed E-state index contributed by atoms with van der Waals surface area (Å²) < 4.78 is 4.85. The number of nitrogens with zero attached hydrogens (tertiary/aromatic N) is 1. The highest BCUT2D eigenvalue weighted by molar-refractivity contribution is 6.10. The molecule has 1 aliphatic heterocycles. The standard InChI is InChI=1S/C15H20N2O3/c1-9(2)17-12-10(13(18)20-5)7-6-8-11(12)16-14(19)15(17,3)4/h6-9H,1-5H3,(H,16,19). The van der Waals surface area contributed by atoms with E-state index in [2.05, 4.69) is 5.32 Å². The Balaban J connectivity index is 2.71. The van der Waals surface area contributed by atoms with E-state index in [1.54, 1.807) is 18.2 Å². The zero-order valence-corrected chi connectivity index (χ0v) is 12.5. The van der Waals surface area contributed by atoms with E-state index < -0.39 is 11.5 Å². The summed E-state index contributed by atoms with van der Waals surface area (Å²) in [6.45, 7) is 7.69. The van der Waals surface area contributed by atoms with E-state index in [0.717, 1.165) is 5.69 Å². The molecule has 1 aromatic carbocycles. The third kappa shape index (κ3) is 2.03. The van der Waals surface area contributed by atoms with Crippen LogP contribution in [0.15, 0.2) is 18.2 Å². The number of carbonyl (C=O) groups excluding carboxylic acids is 2. The van der Waals surface area contributed by atoms with E-state index in [4.69, 9.17) is 4.74 Å². The molecule has 0 unspecified atom stereocenters. The fourth-order valence-corrected chi connectivity index (χ4v) is 2.75. The lowest BCUT2D eigenvalue weighted by Crippen LogP contribution is -2.59. The Hall–Kier alpha value is -2.04. The first kappa shape index (κ1) is 14.4. The fraction of sp³-hybridized carbons (Fsp3) is 0.467. The van der Waals surface area contributed by atoms with Crippen LogP contribution < -0.4 is 10.2 Å². The van der Waals surface area contributed by atoms with Crippen LogP contribution in [-0.2, 0) is 9.53 Å². The zero-order valence-electron chi connectivity index (χ0n) is 12.5. The molecule has 0 aliphatic carbocycles. The molecule has 0 aromatic heterocycles. The highest BCUT2D eigenvalue weighted by Crippen LogP contribution is 2.41. The van der Waals surface area contributed by atoms with Gasteiger partial charge in [-0.25, -0.2) is 4.79 Å². The van der Waals surface area contributed by atoms with Gasteiger partial charge in [-0.05, 0) is 39.8 Å². The van der Waals surface area contributed by atoms with Crippen molar-refractivity contribution in [3.8, 4) is 0 Å². The van der Waals surface area contributed by atoms with Crippen LogP contribution in [0.4, 0.5) is 11.4 Å². The monoisotopic (exact) mass is 276 g/mol. The molecule has 0 radical (unpaired) electrons. The van der Waals surface area contributed by atoms with Crippen molar-refractivity contribution in [2.45, 2.75) is 39.3 Å². The van der Waals surface area contributed by atoms with Crippen molar-refractivity contribution in [1.82, 2.24) is 0 Å². The Morgan fingerprint density at radius 1 is 1.35 bits per heavy atom. The number of hydrogen-bond acceptors (Lipinski definition) is 4. The van der Waals surface area contributed by atoms with Crippen molar-refractivity contribution in [2.24, 2.45) is 0 Å². The molecule has 1 aliphatic rings. The number of nitrogens with one attached hydrogen (secondary N) is 1. The second-order valence-corrected chi connectivity index (χ2v) is 5.67. The van der Waals surface area contributed by atoms with Gasteiger partial charge in [0.25, 0.3) is 0 Å². The normalized spacial score (nSPS) is 16.7. The van der Waals surface area contributed by atoms with Gasteiger partial charge in [-0.2, -0.15) is 0 Å². The average Bonchev–Trinajstić information content (AvgIpc) is 2.37. The largest absolute Gasteiger partial charge is 0.465 e. The second-order valence-electron chi connectivity index (χ2n) is 5.67. The topological polar surface area (TPSA) is 58.6 Å². The lowest BCUT2D eigenvalue weighted by Gasteiger charge is -2.46. The van der Waals surface area contributed by atoms with Crippen molar-refractivity contribution in [2.75, 3.05) is 17.3 Å². The van der Waals surface area contributed by atoms with Gasteiger partial charge >= 0.3 is 5.97 Å². The van der Waals surface area contributed by atoms with Crippen molar-refractivity contribution in [3.05, 3.63) is 23.8 Å². The van der Waals surface area contributed by atoms with Gasteiger partial charge in [-0.1, -0.05) is 6.07 Å². The molecule has 1 aromatic rings. The van der Waals surface area contributed by atoms with Crippen LogP contribution in [-0.4, -0.2) is 30.6 Å². The first-order chi connectivity index (χ1) is 9.30. The molecule has 2 rings (SSSR count). The molecular weight excluding hydrogens is 256 g/mol. The molecule has 1 N–H and O–H groups in total. The van der Waals surface area contributed by atoms with E-state index >= 15 is 0 Å². The van der Waals surface area contributed by atoms with Crippen LogP contribution in [0.2, 0.25) is 0 Å². The summed E-state index contributed by atoms with van der Waals surface area (Å²) >= 11 is 0. The maximum absolute atomic E-state index is 12.3. The minimum Gasteiger partial charge on any atom is -0.465 e. The highest BCUT2D eigenvalue weighted by atomic mass is 16.5. The third-order valence-electron chi connectivity index (χ3n) is 3.60. The van der Waals surface area contributed by atoms with E-state index in [1.807, 2.05) is 32.6 Å². The van der Waals surface area contributed by atoms with Gasteiger partial charge in [-0.3, -0.25) is 4.79 Å². The maximum atomic E-state index is 12.3. The van der Waals surface area contributed by atoms with E-state index in [0.29, 0.717) is 11.3 Å². The molecule has 0 bridgehead atoms. The van der Waals surface area contributed by atoms with Gasteiger partial charge in [-0.15, -0.1) is 0 Å². The predicted octanol–water partition coefficient (Wildman–Crippen LogP) is 2.42. The van der Waals surface area contributed by atoms with Gasteiger partial charge in [0.15, 0.2) is 0 Å². The van der Waals surface area contributed by atoms with E-state index in [9.17, 15) is 9.59 Å². The van der Waals surface area contributed by atoms with Gasteiger partial charge in [0.1, 0.15) is 5.54 Å². The van der Waals surface area contributed by atoms with Gasteiger partial charge < -0.3 is 15.0 Å². The molecule has 108 valence electrons. The summed E-state index contributed by atoms with van der Waals surface area (Å²) in [6.07, 6.45) is 0. The molecule has 0 atom stereocenters. The van der Waals surface area contributed by atoms with Crippen LogP contribution >= 0.6 is 0 Å². The second kappa shape index (κ2) is 4.81. The zero-order chi connectivity index (χ0) is 15.1. The molecule has 0 spiro atoms. The lowest BCUT2D eigenvalue weighted by molar-refractivity contribution is -0.120. The number of benzene rings is 1. The van der Waals surface area contributed by atoms with Crippen molar-refractivity contribution in [1.29, 1.82) is 0 Å². The van der Waals surface area contributed by atoms with Crippen LogP contribution in [0, 0.1) is 0 Å². The summed E-state index contributed by atoms with van der Waals surface area (Å²) in [6, 6.07) is 5.32. The molecule has 5 nitrogen and oxygen atoms in total. The Bertz CT molecular complexity index is 564. The van der Waals surface area contributed by atoms with Crippen LogP contribution in [0.3, 0.4) is 0 Å². The molecule has 0 saturated carbocycles. The van der Waals surface area contributed by atoms with Gasteiger partial charge in [0, 0.05) is 6.04 Å². The molecule has 0 fully saturated rings. The van der Waals surface area contributed by atoms with Gasteiger partial charge in [0.05, 0.1) is 24.0 Å². The number of fused-ring (bicyclic) bond motifs is 1. The molecule has 1 amide bonds.